The van der Waals surface area contributed by atoms with Crippen LogP contribution in [-0.2, 0) is 9.53 Å². The van der Waals surface area contributed by atoms with Gasteiger partial charge in [0.15, 0.2) is 0 Å². The molecule has 1 aromatic rings. The van der Waals surface area contributed by atoms with Crippen LogP contribution in [0.1, 0.15) is 44.0 Å². The van der Waals surface area contributed by atoms with Gasteiger partial charge >= 0.3 is 5.97 Å². The van der Waals surface area contributed by atoms with Crippen LogP contribution in [0.2, 0.25) is 0 Å². The van der Waals surface area contributed by atoms with Gasteiger partial charge < -0.3 is 9.64 Å². The predicted molar refractivity (Wildman–Crippen MR) is 93.4 cm³/mol. The first-order chi connectivity index (χ1) is 11.1. The number of rotatable bonds is 6. The van der Waals surface area contributed by atoms with Crippen molar-refractivity contribution in [1.29, 1.82) is 0 Å². The van der Waals surface area contributed by atoms with Gasteiger partial charge in [0.25, 0.3) is 5.91 Å². The van der Waals surface area contributed by atoms with Crippen LogP contribution in [0.25, 0.3) is 0 Å². The Balaban J connectivity index is 2.18. The molecule has 126 valence electrons. The Kier molecular flexibility index (Phi) is 6.51. The van der Waals surface area contributed by atoms with Crippen LogP contribution in [-0.4, -0.2) is 40.6 Å². The minimum atomic E-state index is -0.489. The molecule has 0 saturated carbocycles. The van der Waals surface area contributed by atoms with Gasteiger partial charge in [0.1, 0.15) is 6.04 Å². The topological polar surface area (TPSA) is 46.6 Å². The van der Waals surface area contributed by atoms with E-state index >= 15 is 0 Å². The van der Waals surface area contributed by atoms with Crippen LogP contribution in [0, 0.1) is 5.92 Å². The van der Waals surface area contributed by atoms with Crippen LogP contribution in [0.3, 0.4) is 0 Å². The van der Waals surface area contributed by atoms with Crippen molar-refractivity contribution in [3.05, 3.63) is 35.9 Å². The van der Waals surface area contributed by atoms with E-state index < -0.39 is 6.04 Å². The fourth-order valence-corrected chi connectivity index (χ4v) is 4.09. The van der Waals surface area contributed by atoms with Crippen LogP contribution in [0.4, 0.5) is 0 Å². The summed E-state index contributed by atoms with van der Waals surface area (Å²) in [6.45, 7) is 6.64. The standard InChI is InChI=1S/C18H25NO3S/c1-4-5-11-22-18(21)15-12-23-17(13(2)3)19(15)16(20)14-9-7-6-8-10-14/h6-10,13,15,17H,4-5,11-12H2,1-3H3. The van der Waals surface area contributed by atoms with E-state index in [1.807, 2.05) is 18.2 Å². The van der Waals surface area contributed by atoms with E-state index in [9.17, 15) is 9.59 Å². The highest BCUT2D eigenvalue weighted by molar-refractivity contribution is 8.00. The summed E-state index contributed by atoms with van der Waals surface area (Å²) in [6.07, 6.45) is 1.83. The van der Waals surface area contributed by atoms with E-state index in [0.29, 0.717) is 17.9 Å². The molecule has 2 rings (SSSR count). The fourth-order valence-electron chi connectivity index (χ4n) is 2.62. The summed E-state index contributed by atoms with van der Waals surface area (Å²) in [5.74, 6) is 0.512. The maximum absolute atomic E-state index is 12.9. The Morgan fingerprint density at radius 3 is 2.61 bits per heavy atom. The first-order valence-electron chi connectivity index (χ1n) is 8.22. The highest BCUT2D eigenvalue weighted by Gasteiger charge is 2.43. The molecule has 4 nitrogen and oxygen atoms in total. The number of thioether (sulfide) groups is 1. The molecule has 0 N–H and O–H groups in total. The average Bonchev–Trinajstić information content (AvgIpc) is 3.00. The van der Waals surface area contributed by atoms with E-state index in [-0.39, 0.29) is 23.2 Å². The van der Waals surface area contributed by atoms with Crippen LogP contribution < -0.4 is 0 Å². The molecule has 1 saturated heterocycles. The van der Waals surface area contributed by atoms with E-state index in [0.717, 1.165) is 12.8 Å². The van der Waals surface area contributed by atoms with Gasteiger partial charge in [-0.2, -0.15) is 0 Å². The molecule has 1 aliphatic rings. The third-order valence-corrected chi connectivity index (χ3v) is 5.50. The van der Waals surface area contributed by atoms with Gasteiger partial charge in [-0.3, -0.25) is 4.79 Å². The summed E-state index contributed by atoms with van der Waals surface area (Å²) < 4.78 is 5.36. The van der Waals surface area contributed by atoms with Crippen LogP contribution >= 0.6 is 11.8 Å². The van der Waals surface area contributed by atoms with Crippen molar-refractivity contribution in [2.24, 2.45) is 5.92 Å². The molecule has 1 amide bonds. The minimum absolute atomic E-state index is 0.00595. The number of hydrogen-bond donors (Lipinski definition) is 0. The Hall–Kier alpha value is -1.49. The molecule has 2 atom stereocenters. The zero-order chi connectivity index (χ0) is 16.8. The van der Waals surface area contributed by atoms with E-state index in [4.69, 9.17) is 4.74 Å². The Labute approximate surface area is 142 Å². The van der Waals surface area contributed by atoms with Crippen molar-refractivity contribution >= 4 is 23.6 Å². The van der Waals surface area contributed by atoms with E-state index in [1.54, 1.807) is 28.8 Å². The zero-order valence-electron chi connectivity index (χ0n) is 14.0. The number of benzene rings is 1. The molecule has 1 heterocycles. The molecule has 23 heavy (non-hydrogen) atoms. The molecule has 0 aliphatic carbocycles. The second kappa shape index (κ2) is 8.39. The second-order valence-electron chi connectivity index (χ2n) is 6.08. The van der Waals surface area contributed by atoms with Gasteiger partial charge in [0.05, 0.1) is 12.0 Å². The van der Waals surface area contributed by atoms with Crippen molar-refractivity contribution in [1.82, 2.24) is 4.90 Å². The number of unbranched alkanes of at least 4 members (excludes halogenated alkanes) is 1. The molecule has 1 aromatic carbocycles. The lowest BCUT2D eigenvalue weighted by Gasteiger charge is -2.30. The number of ether oxygens (including phenoxy) is 1. The van der Waals surface area contributed by atoms with Gasteiger partial charge in [0, 0.05) is 11.3 Å². The lowest BCUT2D eigenvalue weighted by Crippen LogP contribution is -2.47. The predicted octanol–water partition coefficient (Wildman–Crippen LogP) is 3.57. The van der Waals surface area contributed by atoms with E-state index in [2.05, 4.69) is 20.8 Å². The van der Waals surface area contributed by atoms with Gasteiger partial charge in [-0.05, 0) is 24.5 Å². The largest absolute Gasteiger partial charge is 0.464 e. The smallest absolute Gasteiger partial charge is 0.329 e. The summed E-state index contributed by atoms with van der Waals surface area (Å²) in [5, 5.41) is 0.00595. The molecule has 2 unspecified atom stereocenters. The van der Waals surface area contributed by atoms with Crippen molar-refractivity contribution in [3.63, 3.8) is 0 Å². The summed E-state index contributed by atoms with van der Waals surface area (Å²) >= 11 is 1.66. The second-order valence-corrected chi connectivity index (χ2v) is 7.23. The SMILES string of the molecule is CCCCOC(=O)C1CSC(C(C)C)N1C(=O)c1ccccc1. The number of hydrogen-bond acceptors (Lipinski definition) is 4. The lowest BCUT2D eigenvalue weighted by molar-refractivity contribution is -0.148. The molecule has 1 fully saturated rings. The maximum atomic E-state index is 12.9. The maximum Gasteiger partial charge on any atom is 0.329 e. The highest BCUT2D eigenvalue weighted by atomic mass is 32.2. The molecule has 0 radical (unpaired) electrons. The van der Waals surface area contributed by atoms with Gasteiger partial charge in [-0.1, -0.05) is 45.4 Å². The summed E-state index contributed by atoms with van der Waals surface area (Å²) in [7, 11) is 0. The quantitative estimate of drug-likeness (QED) is 0.589. The first kappa shape index (κ1) is 17.9. The number of carbonyl (C=O) groups is 2. The molecular formula is C18H25NO3S. The summed E-state index contributed by atoms with van der Waals surface area (Å²) in [5.41, 5.74) is 0.618. The Bertz CT molecular complexity index is 532. The van der Waals surface area contributed by atoms with Crippen molar-refractivity contribution < 1.29 is 14.3 Å². The molecule has 1 aliphatic heterocycles. The van der Waals surface area contributed by atoms with Gasteiger partial charge in [-0.25, -0.2) is 4.79 Å². The lowest BCUT2D eigenvalue weighted by atomic mass is 10.1. The molecular weight excluding hydrogens is 310 g/mol. The normalized spacial score (nSPS) is 20.8. The van der Waals surface area contributed by atoms with Gasteiger partial charge in [0.2, 0.25) is 0 Å². The molecule has 0 aromatic heterocycles. The van der Waals surface area contributed by atoms with Crippen molar-refractivity contribution in [2.75, 3.05) is 12.4 Å². The third kappa shape index (κ3) is 4.28. The fraction of sp³-hybridized carbons (Fsp3) is 0.556. The number of nitrogens with zero attached hydrogens (tertiary/aromatic N) is 1. The average molecular weight is 335 g/mol. The molecule has 0 spiro atoms. The summed E-state index contributed by atoms with van der Waals surface area (Å²) in [4.78, 5) is 27.0. The monoisotopic (exact) mass is 335 g/mol. The minimum Gasteiger partial charge on any atom is -0.464 e. The third-order valence-electron chi connectivity index (χ3n) is 3.87. The zero-order valence-corrected chi connectivity index (χ0v) is 14.8. The molecule has 5 heteroatoms. The molecule has 0 bridgehead atoms. The Morgan fingerprint density at radius 2 is 2.00 bits per heavy atom. The number of esters is 1. The van der Waals surface area contributed by atoms with Crippen molar-refractivity contribution in [2.45, 2.75) is 45.0 Å². The van der Waals surface area contributed by atoms with E-state index in [1.165, 1.54) is 0 Å². The Morgan fingerprint density at radius 1 is 1.30 bits per heavy atom. The van der Waals surface area contributed by atoms with Gasteiger partial charge in [-0.15, -0.1) is 11.8 Å². The van der Waals surface area contributed by atoms with Crippen LogP contribution in [0.15, 0.2) is 30.3 Å². The van der Waals surface area contributed by atoms with Crippen LogP contribution in [0.5, 0.6) is 0 Å². The number of amides is 1. The first-order valence-corrected chi connectivity index (χ1v) is 9.27. The number of carbonyl (C=O) groups excluding carboxylic acids is 2. The highest BCUT2D eigenvalue weighted by Crippen LogP contribution is 2.35. The summed E-state index contributed by atoms with van der Waals surface area (Å²) in [6, 6.07) is 8.66. The van der Waals surface area contributed by atoms with Crippen molar-refractivity contribution in [3.8, 4) is 0 Å².